The van der Waals surface area contributed by atoms with E-state index in [2.05, 4.69) is 5.32 Å². The topological polar surface area (TPSA) is 55.1 Å². The Morgan fingerprint density at radius 3 is 2.48 bits per heavy atom. The molecule has 1 aliphatic heterocycles. The fraction of sp³-hybridized carbons (Fsp3) is 0.462. The fourth-order valence-corrected chi connectivity index (χ4v) is 3.68. The van der Waals surface area contributed by atoms with Crippen LogP contribution in [0.5, 0.6) is 0 Å². The fourth-order valence-electron chi connectivity index (χ4n) is 2.21. The Balaban J connectivity index is 2.23. The van der Waals surface area contributed by atoms with E-state index in [1.54, 1.807) is 0 Å². The molecule has 0 saturated carbocycles. The molecule has 116 valence electrons. The van der Waals surface area contributed by atoms with Crippen molar-refractivity contribution in [3.63, 3.8) is 0 Å². The van der Waals surface area contributed by atoms with Gasteiger partial charge in [0, 0.05) is 39.6 Å². The molecule has 1 aromatic carbocycles. The first kappa shape index (κ1) is 16.2. The van der Waals surface area contributed by atoms with Gasteiger partial charge >= 0.3 is 6.18 Å². The lowest BCUT2D eigenvalue weighted by Crippen LogP contribution is -2.30. The molecule has 8 heteroatoms. The van der Waals surface area contributed by atoms with E-state index in [-0.39, 0.29) is 16.6 Å². The summed E-state index contributed by atoms with van der Waals surface area (Å²) in [5, 5.41) is 3.16. The van der Waals surface area contributed by atoms with Crippen molar-refractivity contribution >= 4 is 33.7 Å². The van der Waals surface area contributed by atoms with Crippen LogP contribution in [0.2, 0.25) is 0 Å². The van der Waals surface area contributed by atoms with Gasteiger partial charge < -0.3 is 11.1 Å². The van der Waals surface area contributed by atoms with Crippen LogP contribution >= 0.6 is 12.2 Å². The highest BCUT2D eigenvalue weighted by atomic mass is 32.2. The first-order valence-corrected chi connectivity index (χ1v) is 8.29. The average molecular weight is 336 g/mol. The minimum atomic E-state index is -4.43. The predicted molar refractivity (Wildman–Crippen MR) is 81.9 cm³/mol. The number of nitrogens with two attached hydrogens (primary N) is 1. The number of nitrogens with one attached hydrogen (secondary N) is 1. The Morgan fingerprint density at radius 2 is 1.95 bits per heavy atom. The molecule has 21 heavy (non-hydrogen) atoms. The molecule has 3 nitrogen and oxygen atoms in total. The number of halogens is 3. The summed E-state index contributed by atoms with van der Waals surface area (Å²) in [6.45, 7) is 0. The maximum atomic E-state index is 12.7. The zero-order valence-corrected chi connectivity index (χ0v) is 12.7. The van der Waals surface area contributed by atoms with Gasteiger partial charge in [0.05, 0.1) is 5.56 Å². The van der Waals surface area contributed by atoms with Crippen molar-refractivity contribution in [1.82, 2.24) is 0 Å². The third-order valence-corrected chi connectivity index (χ3v) is 4.96. The van der Waals surface area contributed by atoms with E-state index in [0.29, 0.717) is 30.0 Å². The van der Waals surface area contributed by atoms with Crippen molar-refractivity contribution in [2.24, 2.45) is 5.73 Å². The summed E-state index contributed by atoms with van der Waals surface area (Å²) in [4.78, 5) is -0.0806. The maximum Gasteiger partial charge on any atom is 0.416 e. The normalized spacial score (nSPS) is 22.8. The van der Waals surface area contributed by atoms with Gasteiger partial charge in [-0.3, -0.25) is 4.21 Å². The summed E-state index contributed by atoms with van der Waals surface area (Å²) >= 11 is 4.84. The molecule has 0 aromatic heterocycles. The average Bonchev–Trinajstić information content (AvgIpc) is 2.40. The van der Waals surface area contributed by atoms with Gasteiger partial charge in [0.1, 0.15) is 4.99 Å². The predicted octanol–water partition coefficient (Wildman–Crippen LogP) is 2.66. The van der Waals surface area contributed by atoms with Gasteiger partial charge in [-0.1, -0.05) is 12.2 Å². The summed E-state index contributed by atoms with van der Waals surface area (Å²) < 4.78 is 49.5. The molecule has 3 N–H and O–H groups in total. The van der Waals surface area contributed by atoms with Gasteiger partial charge in [0.2, 0.25) is 0 Å². The Hall–Kier alpha value is -1.15. The lowest BCUT2D eigenvalue weighted by Gasteiger charge is -2.25. The van der Waals surface area contributed by atoms with Crippen molar-refractivity contribution in [3.8, 4) is 0 Å². The van der Waals surface area contributed by atoms with E-state index < -0.39 is 22.5 Å². The van der Waals surface area contributed by atoms with E-state index in [4.69, 9.17) is 18.0 Å². The van der Waals surface area contributed by atoms with Crippen LogP contribution in [0.25, 0.3) is 0 Å². The molecule has 1 aromatic rings. The van der Waals surface area contributed by atoms with Gasteiger partial charge in [-0.05, 0) is 31.0 Å². The Labute approximate surface area is 128 Å². The van der Waals surface area contributed by atoms with E-state index in [1.165, 1.54) is 6.07 Å². The van der Waals surface area contributed by atoms with Crippen LogP contribution in [0, 0.1) is 0 Å². The van der Waals surface area contributed by atoms with Gasteiger partial charge in [0.25, 0.3) is 0 Å². The van der Waals surface area contributed by atoms with Crippen LogP contribution in [-0.2, 0) is 17.0 Å². The molecule has 1 fully saturated rings. The monoisotopic (exact) mass is 336 g/mol. The SMILES string of the molecule is NC(=S)c1cc(C(F)(F)F)ccc1NC1CCS(=O)CC1. The molecule has 0 aliphatic carbocycles. The molecule has 0 amide bonds. The Bertz CT molecular complexity index is 565. The van der Waals surface area contributed by atoms with Gasteiger partial charge in [0.15, 0.2) is 0 Å². The third kappa shape index (κ3) is 4.16. The molecule has 0 spiro atoms. The van der Waals surface area contributed by atoms with E-state index in [0.717, 1.165) is 12.1 Å². The van der Waals surface area contributed by atoms with Gasteiger partial charge in [-0.2, -0.15) is 13.2 Å². The van der Waals surface area contributed by atoms with Crippen LogP contribution in [0.15, 0.2) is 18.2 Å². The molecule has 0 bridgehead atoms. The highest BCUT2D eigenvalue weighted by Gasteiger charge is 2.31. The van der Waals surface area contributed by atoms with Crippen molar-refractivity contribution in [2.75, 3.05) is 16.8 Å². The number of rotatable bonds is 3. The minimum Gasteiger partial charge on any atom is -0.389 e. The molecule has 1 heterocycles. The second kappa shape index (κ2) is 6.31. The van der Waals surface area contributed by atoms with Gasteiger partial charge in [-0.25, -0.2) is 0 Å². The van der Waals surface area contributed by atoms with Crippen LogP contribution in [-0.4, -0.2) is 26.7 Å². The Morgan fingerprint density at radius 1 is 1.33 bits per heavy atom. The molecule has 1 aliphatic rings. The van der Waals surface area contributed by atoms with Crippen LogP contribution in [0.4, 0.5) is 18.9 Å². The summed E-state index contributed by atoms with van der Waals surface area (Å²) in [5.74, 6) is 1.20. The third-order valence-electron chi connectivity index (χ3n) is 3.36. The first-order chi connectivity index (χ1) is 9.77. The standard InChI is InChI=1S/C13H15F3N2OS2/c14-13(15,16)8-1-2-11(10(7-8)12(17)20)18-9-3-5-21(19)6-4-9/h1-2,7,9,18H,3-6H2,(H2,17,20). The second-order valence-electron chi connectivity index (χ2n) is 4.89. The molecule has 0 unspecified atom stereocenters. The highest BCUT2D eigenvalue weighted by Crippen LogP contribution is 2.32. The Kier molecular flexibility index (Phi) is 4.88. The smallest absolute Gasteiger partial charge is 0.389 e. The summed E-state index contributed by atoms with van der Waals surface area (Å²) in [6.07, 6.45) is -3.01. The van der Waals surface area contributed by atoms with Crippen molar-refractivity contribution < 1.29 is 17.4 Å². The number of hydrogen-bond acceptors (Lipinski definition) is 3. The maximum absolute atomic E-state index is 12.7. The van der Waals surface area contributed by atoms with E-state index >= 15 is 0 Å². The molecule has 0 radical (unpaired) electrons. The summed E-state index contributed by atoms with van der Waals surface area (Å²) in [6, 6.07) is 3.40. The zero-order valence-electron chi connectivity index (χ0n) is 11.1. The van der Waals surface area contributed by atoms with Crippen LogP contribution in [0.1, 0.15) is 24.0 Å². The van der Waals surface area contributed by atoms with Crippen LogP contribution in [0.3, 0.4) is 0 Å². The highest BCUT2D eigenvalue weighted by molar-refractivity contribution is 7.85. The van der Waals surface area contributed by atoms with E-state index in [1.807, 2.05) is 0 Å². The molecule has 1 saturated heterocycles. The van der Waals surface area contributed by atoms with Crippen molar-refractivity contribution in [1.29, 1.82) is 0 Å². The minimum absolute atomic E-state index is 0.0764. The molecular weight excluding hydrogens is 321 g/mol. The number of benzene rings is 1. The molecule has 0 atom stereocenters. The number of thiocarbonyl (C=S) groups is 1. The van der Waals surface area contributed by atoms with Crippen molar-refractivity contribution in [3.05, 3.63) is 29.3 Å². The van der Waals surface area contributed by atoms with Crippen LogP contribution < -0.4 is 11.1 Å². The van der Waals surface area contributed by atoms with Crippen molar-refractivity contribution in [2.45, 2.75) is 25.1 Å². The number of anilines is 1. The van der Waals surface area contributed by atoms with E-state index in [9.17, 15) is 17.4 Å². The zero-order chi connectivity index (χ0) is 15.6. The lowest BCUT2D eigenvalue weighted by molar-refractivity contribution is -0.137. The molecular formula is C13H15F3N2OS2. The quantitative estimate of drug-likeness (QED) is 0.833. The first-order valence-electron chi connectivity index (χ1n) is 6.40. The molecule has 2 rings (SSSR count). The number of alkyl halides is 3. The number of hydrogen-bond donors (Lipinski definition) is 2. The lowest BCUT2D eigenvalue weighted by atomic mass is 10.1. The largest absolute Gasteiger partial charge is 0.416 e. The summed E-state index contributed by atoms with van der Waals surface area (Å²) in [5.41, 5.74) is 5.43. The second-order valence-corrected chi connectivity index (χ2v) is 7.03. The summed E-state index contributed by atoms with van der Waals surface area (Å²) in [7, 11) is -0.788. The van der Waals surface area contributed by atoms with Gasteiger partial charge in [-0.15, -0.1) is 0 Å².